The largest absolute Gasteiger partial charge is 0.357 e. The van der Waals surface area contributed by atoms with Gasteiger partial charge in [-0.15, -0.1) is 16.8 Å². The molecule has 1 aromatic rings. The Kier molecular flexibility index (Phi) is 7.61. The van der Waals surface area contributed by atoms with Crippen molar-refractivity contribution in [3.63, 3.8) is 0 Å². The van der Waals surface area contributed by atoms with E-state index < -0.39 is 0 Å². The summed E-state index contributed by atoms with van der Waals surface area (Å²) in [6.45, 7) is 11.2. The standard InChI is InChI=1S/C13H22N4OS2/c1-5-7-15-12-16-17-13(20-12)19-10(4)11(18)14-8-6-9(2)3/h5,9-10H,1,6-8H2,2-4H3,(H,14,18)(H,15,16). The highest BCUT2D eigenvalue weighted by atomic mass is 32.2. The van der Waals surface area contributed by atoms with Crippen LogP contribution in [-0.2, 0) is 4.79 Å². The summed E-state index contributed by atoms with van der Waals surface area (Å²) in [7, 11) is 0. The summed E-state index contributed by atoms with van der Waals surface area (Å²) in [5, 5.41) is 14.7. The maximum Gasteiger partial charge on any atom is 0.233 e. The van der Waals surface area contributed by atoms with Gasteiger partial charge < -0.3 is 10.6 Å². The van der Waals surface area contributed by atoms with Crippen LogP contribution in [0.3, 0.4) is 0 Å². The average Bonchev–Trinajstić information content (AvgIpc) is 2.83. The number of aromatic nitrogens is 2. The Morgan fingerprint density at radius 3 is 2.85 bits per heavy atom. The lowest BCUT2D eigenvalue weighted by atomic mass is 10.1. The third kappa shape index (κ3) is 6.38. The van der Waals surface area contributed by atoms with Crippen LogP contribution in [0.4, 0.5) is 5.13 Å². The molecule has 1 amide bonds. The van der Waals surface area contributed by atoms with E-state index in [0.29, 0.717) is 12.5 Å². The van der Waals surface area contributed by atoms with Gasteiger partial charge in [-0.1, -0.05) is 43.0 Å². The molecule has 0 fully saturated rings. The molecule has 0 radical (unpaired) electrons. The second-order valence-electron chi connectivity index (χ2n) is 4.78. The zero-order valence-electron chi connectivity index (χ0n) is 12.2. The van der Waals surface area contributed by atoms with Gasteiger partial charge in [-0.05, 0) is 19.3 Å². The maximum absolute atomic E-state index is 11.9. The number of anilines is 1. The number of amides is 1. The molecule has 0 saturated heterocycles. The van der Waals surface area contributed by atoms with E-state index in [9.17, 15) is 4.79 Å². The van der Waals surface area contributed by atoms with Gasteiger partial charge in [0.1, 0.15) is 0 Å². The van der Waals surface area contributed by atoms with Crippen LogP contribution < -0.4 is 10.6 Å². The van der Waals surface area contributed by atoms with Crippen LogP contribution >= 0.6 is 23.1 Å². The minimum Gasteiger partial charge on any atom is -0.357 e. The van der Waals surface area contributed by atoms with Crippen molar-refractivity contribution in [2.45, 2.75) is 36.8 Å². The Hall–Kier alpha value is -1.08. The van der Waals surface area contributed by atoms with Gasteiger partial charge in [-0.25, -0.2) is 0 Å². The van der Waals surface area contributed by atoms with Crippen LogP contribution in [0.25, 0.3) is 0 Å². The molecule has 1 unspecified atom stereocenters. The first-order valence-electron chi connectivity index (χ1n) is 6.65. The highest BCUT2D eigenvalue weighted by Gasteiger charge is 2.16. The Balaban J connectivity index is 2.36. The molecule has 1 atom stereocenters. The Bertz CT molecular complexity index is 434. The molecule has 0 aromatic carbocycles. The molecule has 0 bridgehead atoms. The van der Waals surface area contributed by atoms with Crippen LogP contribution in [0.1, 0.15) is 27.2 Å². The summed E-state index contributed by atoms with van der Waals surface area (Å²) in [5.74, 6) is 0.645. The second kappa shape index (κ2) is 8.97. The van der Waals surface area contributed by atoms with E-state index in [1.165, 1.54) is 23.1 Å². The second-order valence-corrected chi connectivity index (χ2v) is 7.34. The summed E-state index contributed by atoms with van der Waals surface area (Å²) >= 11 is 2.88. The lowest BCUT2D eigenvalue weighted by Crippen LogP contribution is -2.32. The fourth-order valence-corrected chi connectivity index (χ4v) is 3.25. The molecule has 0 spiro atoms. The van der Waals surface area contributed by atoms with E-state index in [1.54, 1.807) is 6.08 Å². The predicted molar refractivity (Wildman–Crippen MR) is 86.4 cm³/mol. The molecule has 0 aliphatic carbocycles. The first-order valence-corrected chi connectivity index (χ1v) is 8.35. The summed E-state index contributed by atoms with van der Waals surface area (Å²) in [4.78, 5) is 11.9. The van der Waals surface area contributed by atoms with Gasteiger partial charge in [-0.2, -0.15) is 0 Å². The number of hydrogen-bond donors (Lipinski definition) is 2. The third-order valence-electron chi connectivity index (χ3n) is 2.47. The van der Waals surface area contributed by atoms with E-state index in [1.807, 2.05) is 6.92 Å². The molecule has 7 heteroatoms. The number of carbonyl (C=O) groups excluding carboxylic acids is 1. The van der Waals surface area contributed by atoms with E-state index in [4.69, 9.17) is 0 Å². The molecular formula is C13H22N4OS2. The van der Waals surface area contributed by atoms with Gasteiger partial charge in [0.2, 0.25) is 11.0 Å². The number of nitrogens with one attached hydrogen (secondary N) is 2. The minimum atomic E-state index is -0.164. The lowest BCUT2D eigenvalue weighted by molar-refractivity contribution is -0.120. The number of thioether (sulfide) groups is 1. The van der Waals surface area contributed by atoms with Crippen molar-refractivity contribution in [3.05, 3.63) is 12.7 Å². The molecule has 1 heterocycles. The quantitative estimate of drug-likeness (QED) is 0.542. The van der Waals surface area contributed by atoms with Crippen molar-refractivity contribution in [2.24, 2.45) is 5.92 Å². The van der Waals surface area contributed by atoms with Crippen LogP contribution in [0.15, 0.2) is 17.0 Å². The molecule has 1 rings (SSSR count). The van der Waals surface area contributed by atoms with Gasteiger partial charge in [0.05, 0.1) is 5.25 Å². The van der Waals surface area contributed by atoms with Gasteiger partial charge in [0, 0.05) is 13.1 Å². The Morgan fingerprint density at radius 2 is 2.20 bits per heavy atom. The molecule has 0 aliphatic rings. The number of rotatable bonds is 9. The van der Waals surface area contributed by atoms with E-state index in [-0.39, 0.29) is 11.2 Å². The highest BCUT2D eigenvalue weighted by molar-refractivity contribution is 8.02. The molecule has 112 valence electrons. The van der Waals surface area contributed by atoms with Crippen molar-refractivity contribution in [2.75, 3.05) is 18.4 Å². The number of hydrogen-bond acceptors (Lipinski definition) is 6. The molecule has 0 saturated carbocycles. The Labute approximate surface area is 128 Å². The lowest BCUT2D eigenvalue weighted by Gasteiger charge is -2.11. The van der Waals surface area contributed by atoms with Crippen molar-refractivity contribution in [1.82, 2.24) is 15.5 Å². The third-order valence-corrected chi connectivity index (χ3v) is 4.54. The topological polar surface area (TPSA) is 66.9 Å². The first-order chi connectivity index (χ1) is 9.52. The van der Waals surface area contributed by atoms with Crippen LogP contribution in [0.2, 0.25) is 0 Å². The van der Waals surface area contributed by atoms with E-state index >= 15 is 0 Å². The van der Waals surface area contributed by atoms with Crippen molar-refractivity contribution >= 4 is 34.1 Å². The summed E-state index contributed by atoms with van der Waals surface area (Å²) in [6, 6.07) is 0. The Morgan fingerprint density at radius 1 is 1.45 bits per heavy atom. The van der Waals surface area contributed by atoms with Crippen LogP contribution in [-0.4, -0.2) is 34.4 Å². The van der Waals surface area contributed by atoms with Gasteiger partial charge >= 0.3 is 0 Å². The number of nitrogens with zero attached hydrogens (tertiary/aromatic N) is 2. The van der Waals surface area contributed by atoms with Crippen LogP contribution in [0, 0.1) is 5.92 Å². The zero-order chi connectivity index (χ0) is 15.0. The molecule has 1 aromatic heterocycles. The predicted octanol–water partition coefficient (Wildman–Crippen LogP) is 2.78. The summed E-state index contributed by atoms with van der Waals surface area (Å²) < 4.78 is 0.795. The number of carbonyl (C=O) groups is 1. The monoisotopic (exact) mass is 314 g/mol. The molecule has 20 heavy (non-hydrogen) atoms. The molecule has 2 N–H and O–H groups in total. The van der Waals surface area contributed by atoms with Crippen molar-refractivity contribution in [3.8, 4) is 0 Å². The summed E-state index contributed by atoms with van der Waals surface area (Å²) in [6.07, 6.45) is 2.76. The average molecular weight is 314 g/mol. The maximum atomic E-state index is 11.9. The normalized spacial score (nSPS) is 12.2. The molecule has 5 nitrogen and oxygen atoms in total. The fourth-order valence-electron chi connectivity index (χ4n) is 1.32. The minimum absolute atomic E-state index is 0.0476. The fraction of sp³-hybridized carbons (Fsp3) is 0.615. The zero-order valence-corrected chi connectivity index (χ0v) is 13.8. The molecule has 0 aliphatic heterocycles. The highest BCUT2D eigenvalue weighted by Crippen LogP contribution is 2.28. The van der Waals surface area contributed by atoms with Crippen molar-refractivity contribution in [1.29, 1.82) is 0 Å². The smallest absolute Gasteiger partial charge is 0.233 e. The van der Waals surface area contributed by atoms with Gasteiger partial charge in [0.15, 0.2) is 4.34 Å². The first kappa shape index (κ1) is 17.0. The van der Waals surface area contributed by atoms with Gasteiger partial charge in [0.25, 0.3) is 0 Å². The van der Waals surface area contributed by atoms with Gasteiger partial charge in [-0.3, -0.25) is 4.79 Å². The van der Waals surface area contributed by atoms with E-state index in [0.717, 1.165) is 22.4 Å². The van der Waals surface area contributed by atoms with Crippen molar-refractivity contribution < 1.29 is 4.79 Å². The summed E-state index contributed by atoms with van der Waals surface area (Å²) in [5.41, 5.74) is 0. The van der Waals surface area contributed by atoms with E-state index in [2.05, 4.69) is 41.3 Å². The SMILES string of the molecule is C=CCNc1nnc(SC(C)C(=O)NCCC(C)C)s1. The van der Waals surface area contributed by atoms with Crippen LogP contribution in [0.5, 0.6) is 0 Å². The molecular weight excluding hydrogens is 292 g/mol.